The highest BCUT2D eigenvalue weighted by molar-refractivity contribution is 9.10. The van der Waals surface area contributed by atoms with Crippen molar-refractivity contribution in [2.45, 2.75) is 31.7 Å². The first-order valence-electron chi connectivity index (χ1n) is 7.38. The van der Waals surface area contributed by atoms with Gasteiger partial charge in [0.1, 0.15) is 12.4 Å². The summed E-state index contributed by atoms with van der Waals surface area (Å²) in [6.07, 6.45) is 3.92. The van der Waals surface area contributed by atoms with Gasteiger partial charge < -0.3 is 9.47 Å². The first kappa shape index (κ1) is 16.3. The molecule has 0 saturated carbocycles. The van der Waals surface area contributed by atoms with Gasteiger partial charge in [0.05, 0.1) is 13.5 Å². The van der Waals surface area contributed by atoms with Crippen LogP contribution in [0.4, 0.5) is 0 Å². The summed E-state index contributed by atoms with van der Waals surface area (Å²) in [6, 6.07) is 8.14. The number of rotatable bonds is 6. The van der Waals surface area contributed by atoms with Crippen molar-refractivity contribution in [3.8, 4) is 5.75 Å². The molecule has 0 aliphatic carbocycles. The molecular weight excluding hydrogens is 334 g/mol. The van der Waals surface area contributed by atoms with E-state index in [9.17, 15) is 4.79 Å². The molecule has 1 unspecified atom stereocenters. The zero-order chi connectivity index (χ0) is 15.1. The number of esters is 1. The highest BCUT2D eigenvalue weighted by Gasteiger charge is 2.24. The molecule has 0 radical (unpaired) electrons. The number of nitrogens with zero attached hydrogens (tertiary/aromatic N) is 1. The lowest BCUT2D eigenvalue weighted by molar-refractivity contribution is -0.142. The molecule has 1 heterocycles. The van der Waals surface area contributed by atoms with Crippen molar-refractivity contribution in [2.24, 2.45) is 0 Å². The van der Waals surface area contributed by atoms with Crippen LogP contribution in [-0.2, 0) is 9.53 Å². The van der Waals surface area contributed by atoms with Crippen LogP contribution in [0.15, 0.2) is 28.7 Å². The van der Waals surface area contributed by atoms with E-state index < -0.39 is 0 Å². The zero-order valence-electron chi connectivity index (χ0n) is 12.4. The van der Waals surface area contributed by atoms with Crippen LogP contribution in [0.2, 0.25) is 0 Å². The maximum absolute atomic E-state index is 11.5. The van der Waals surface area contributed by atoms with Crippen LogP contribution in [0.3, 0.4) is 0 Å². The Hall–Kier alpha value is -1.07. The molecule has 1 aromatic rings. The number of piperidine rings is 1. The van der Waals surface area contributed by atoms with Crippen LogP contribution in [0.5, 0.6) is 5.75 Å². The number of hydrogen-bond acceptors (Lipinski definition) is 4. The number of likely N-dealkylation sites (tertiary alicyclic amines) is 1. The molecule has 1 aliphatic heterocycles. The largest absolute Gasteiger partial charge is 0.492 e. The van der Waals surface area contributed by atoms with Crippen molar-refractivity contribution in [1.82, 2.24) is 4.90 Å². The number of benzene rings is 1. The number of hydrogen-bond donors (Lipinski definition) is 0. The smallest absolute Gasteiger partial charge is 0.307 e. The van der Waals surface area contributed by atoms with Gasteiger partial charge in [0.15, 0.2) is 0 Å². The van der Waals surface area contributed by atoms with Crippen molar-refractivity contribution < 1.29 is 14.3 Å². The van der Waals surface area contributed by atoms with Crippen LogP contribution in [-0.4, -0.2) is 43.7 Å². The molecule has 0 bridgehead atoms. The van der Waals surface area contributed by atoms with Gasteiger partial charge in [0.25, 0.3) is 0 Å². The molecule has 4 nitrogen and oxygen atoms in total. The summed E-state index contributed by atoms with van der Waals surface area (Å²) in [5.41, 5.74) is 0. The normalized spacial score (nSPS) is 19.2. The summed E-state index contributed by atoms with van der Waals surface area (Å²) in [6.45, 7) is 2.51. The molecule has 2 rings (SSSR count). The lowest BCUT2D eigenvalue weighted by Gasteiger charge is -2.34. The Kier molecular flexibility index (Phi) is 6.51. The summed E-state index contributed by atoms with van der Waals surface area (Å²) in [4.78, 5) is 13.8. The van der Waals surface area contributed by atoms with Gasteiger partial charge in [-0.05, 0) is 37.6 Å². The third-order valence-corrected chi connectivity index (χ3v) is 4.32. The predicted octanol–water partition coefficient (Wildman–Crippen LogP) is 3.25. The fourth-order valence-electron chi connectivity index (χ4n) is 2.70. The fraction of sp³-hybridized carbons (Fsp3) is 0.562. The summed E-state index contributed by atoms with van der Waals surface area (Å²) in [5, 5.41) is 0. The molecule has 21 heavy (non-hydrogen) atoms. The molecule has 1 fully saturated rings. The van der Waals surface area contributed by atoms with E-state index >= 15 is 0 Å². The van der Waals surface area contributed by atoms with E-state index in [1.807, 2.05) is 24.3 Å². The minimum absolute atomic E-state index is 0.125. The minimum Gasteiger partial charge on any atom is -0.492 e. The van der Waals surface area contributed by atoms with E-state index in [0.29, 0.717) is 13.0 Å². The Labute approximate surface area is 134 Å². The fourth-order valence-corrected chi connectivity index (χ4v) is 3.08. The molecule has 0 aromatic heterocycles. The topological polar surface area (TPSA) is 38.8 Å². The van der Waals surface area contributed by atoms with Gasteiger partial charge >= 0.3 is 5.97 Å². The molecule has 0 amide bonds. The van der Waals surface area contributed by atoms with Gasteiger partial charge in [-0.25, -0.2) is 0 Å². The van der Waals surface area contributed by atoms with Gasteiger partial charge in [-0.15, -0.1) is 0 Å². The summed E-state index contributed by atoms with van der Waals surface area (Å²) >= 11 is 3.43. The Morgan fingerprint density at radius 3 is 3.05 bits per heavy atom. The van der Waals surface area contributed by atoms with Gasteiger partial charge in [0, 0.05) is 17.1 Å². The first-order chi connectivity index (χ1) is 10.2. The number of ether oxygens (including phenoxy) is 2. The van der Waals surface area contributed by atoms with Crippen molar-refractivity contribution in [3.63, 3.8) is 0 Å². The number of halogens is 1. The van der Waals surface area contributed by atoms with E-state index in [-0.39, 0.29) is 12.0 Å². The Morgan fingerprint density at radius 2 is 2.29 bits per heavy atom. The number of carbonyl (C=O) groups excluding carboxylic acids is 1. The molecule has 1 saturated heterocycles. The summed E-state index contributed by atoms with van der Waals surface area (Å²) in [7, 11) is 1.45. The Balaban J connectivity index is 1.80. The van der Waals surface area contributed by atoms with E-state index in [2.05, 4.69) is 20.8 Å². The molecule has 1 aromatic carbocycles. The minimum atomic E-state index is -0.125. The molecule has 1 aliphatic rings. The van der Waals surface area contributed by atoms with Crippen molar-refractivity contribution in [1.29, 1.82) is 0 Å². The quantitative estimate of drug-likeness (QED) is 0.734. The van der Waals surface area contributed by atoms with Crippen molar-refractivity contribution >= 4 is 21.9 Å². The van der Waals surface area contributed by atoms with Crippen LogP contribution in [0.1, 0.15) is 25.7 Å². The highest BCUT2D eigenvalue weighted by Crippen LogP contribution is 2.21. The molecule has 5 heteroatoms. The maximum Gasteiger partial charge on any atom is 0.307 e. The van der Waals surface area contributed by atoms with Gasteiger partial charge in [-0.3, -0.25) is 9.69 Å². The van der Waals surface area contributed by atoms with Crippen LogP contribution >= 0.6 is 15.9 Å². The predicted molar refractivity (Wildman–Crippen MR) is 85.5 cm³/mol. The maximum atomic E-state index is 11.5. The highest BCUT2D eigenvalue weighted by atomic mass is 79.9. The molecule has 116 valence electrons. The molecule has 0 N–H and O–H groups in total. The van der Waals surface area contributed by atoms with Crippen molar-refractivity contribution in [2.75, 3.05) is 26.8 Å². The zero-order valence-corrected chi connectivity index (χ0v) is 14.0. The average Bonchev–Trinajstić information content (AvgIpc) is 2.49. The SMILES string of the molecule is COC(=O)CC1CCCCN1CCOc1cccc(Br)c1. The van der Waals surface area contributed by atoms with Gasteiger partial charge in [0.2, 0.25) is 0 Å². The first-order valence-corrected chi connectivity index (χ1v) is 8.17. The Morgan fingerprint density at radius 1 is 1.43 bits per heavy atom. The molecule has 0 spiro atoms. The van der Waals surface area contributed by atoms with Crippen LogP contribution in [0, 0.1) is 0 Å². The third-order valence-electron chi connectivity index (χ3n) is 3.82. The lowest BCUT2D eigenvalue weighted by atomic mass is 9.99. The number of carbonyl (C=O) groups is 1. The monoisotopic (exact) mass is 355 g/mol. The average molecular weight is 356 g/mol. The number of methoxy groups -OCH3 is 1. The second-order valence-electron chi connectivity index (χ2n) is 5.27. The summed E-state index contributed by atoms with van der Waals surface area (Å²) < 4.78 is 11.6. The van der Waals surface area contributed by atoms with Gasteiger partial charge in [-0.1, -0.05) is 28.4 Å². The molecular formula is C16H22BrNO3. The van der Waals surface area contributed by atoms with Crippen LogP contribution in [0.25, 0.3) is 0 Å². The Bertz CT molecular complexity index is 467. The second kappa shape index (κ2) is 8.39. The van der Waals surface area contributed by atoms with E-state index in [0.717, 1.165) is 29.7 Å². The standard InChI is InChI=1S/C16H22BrNO3/c1-20-16(19)12-14-6-2-3-8-18(14)9-10-21-15-7-4-5-13(17)11-15/h4-5,7,11,14H,2-3,6,8-10,12H2,1H3. The second-order valence-corrected chi connectivity index (χ2v) is 6.19. The van der Waals surface area contributed by atoms with Crippen molar-refractivity contribution in [3.05, 3.63) is 28.7 Å². The lowest BCUT2D eigenvalue weighted by Crippen LogP contribution is -2.43. The van der Waals surface area contributed by atoms with E-state index in [1.165, 1.54) is 20.0 Å². The van der Waals surface area contributed by atoms with E-state index in [4.69, 9.17) is 9.47 Å². The summed E-state index contributed by atoms with van der Waals surface area (Å²) in [5.74, 6) is 0.741. The van der Waals surface area contributed by atoms with Gasteiger partial charge in [-0.2, -0.15) is 0 Å². The van der Waals surface area contributed by atoms with E-state index in [1.54, 1.807) is 0 Å². The van der Waals surface area contributed by atoms with Crippen LogP contribution < -0.4 is 4.74 Å². The molecule has 1 atom stereocenters. The third kappa shape index (κ3) is 5.32.